The highest BCUT2D eigenvalue weighted by Gasteiger charge is 2.37. The summed E-state index contributed by atoms with van der Waals surface area (Å²) >= 11 is 0. The number of nitrogens with two attached hydrogens (primary N) is 1. The van der Waals surface area contributed by atoms with Crippen LogP contribution in [0.1, 0.15) is 24.2 Å². The van der Waals surface area contributed by atoms with Crippen molar-refractivity contribution in [3.8, 4) is 0 Å². The van der Waals surface area contributed by atoms with Crippen molar-refractivity contribution in [1.82, 2.24) is 10.1 Å². The summed E-state index contributed by atoms with van der Waals surface area (Å²) in [4.78, 5) is 3.06. The molecule has 80 valence electrons. The van der Waals surface area contributed by atoms with Crippen molar-refractivity contribution in [2.75, 3.05) is 6.61 Å². The monoisotopic (exact) mass is 211 g/mol. The Morgan fingerprint density at radius 1 is 1.50 bits per heavy atom. The van der Waals surface area contributed by atoms with Gasteiger partial charge in [0, 0.05) is 6.61 Å². The van der Waals surface area contributed by atoms with Gasteiger partial charge in [0.05, 0.1) is 6.04 Å². The topological polar surface area (TPSA) is 85.2 Å². The Balaban J connectivity index is 2.78. The molecular weight excluding hydrogens is 203 g/mol. The van der Waals surface area contributed by atoms with E-state index in [2.05, 4.69) is 14.7 Å². The molecule has 0 fully saturated rings. The molecule has 1 atom stereocenters. The number of hydrogen-bond acceptors (Lipinski definition) is 5. The largest absolute Gasteiger partial charge is 0.455 e. The zero-order valence-corrected chi connectivity index (χ0v) is 6.95. The molecule has 3 N–H and O–H groups in total. The molecule has 14 heavy (non-hydrogen) atoms. The summed E-state index contributed by atoms with van der Waals surface area (Å²) in [6.45, 7) is -0.259. The summed E-state index contributed by atoms with van der Waals surface area (Å²) in [7, 11) is 0. The van der Waals surface area contributed by atoms with Gasteiger partial charge in [-0.1, -0.05) is 5.16 Å². The second kappa shape index (κ2) is 3.93. The Morgan fingerprint density at radius 3 is 2.57 bits per heavy atom. The third-order valence-electron chi connectivity index (χ3n) is 1.45. The lowest BCUT2D eigenvalue weighted by atomic mass is 10.2. The highest BCUT2D eigenvalue weighted by molar-refractivity contribution is 4.94. The van der Waals surface area contributed by atoms with Gasteiger partial charge < -0.3 is 15.4 Å². The lowest BCUT2D eigenvalue weighted by molar-refractivity contribution is -0.146. The van der Waals surface area contributed by atoms with E-state index < -0.39 is 18.0 Å². The molecule has 0 aliphatic rings. The lowest BCUT2D eigenvalue weighted by Crippen LogP contribution is -2.13. The van der Waals surface area contributed by atoms with Gasteiger partial charge in [0.15, 0.2) is 0 Å². The molecule has 1 unspecified atom stereocenters. The number of aliphatic hydroxyl groups excluding tert-OH is 1. The number of alkyl halides is 3. The van der Waals surface area contributed by atoms with Gasteiger partial charge in [-0.3, -0.25) is 0 Å². The van der Waals surface area contributed by atoms with Gasteiger partial charge in [0.2, 0.25) is 5.89 Å². The first-order valence-corrected chi connectivity index (χ1v) is 3.72. The molecule has 0 saturated heterocycles. The molecule has 0 aliphatic heterocycles. The molecule has 1 heterocycles. The predicted octanol–water partition coefficient (Wildman–Crippen LogP) is 0.471. The van der Waals surface area contributed by atoms with E-state index in [9.17, 15) is 13.2 Å². The van der Waals surface area contributed by atoms with Gasteiger partial charge in [0.1, 0.15) is 0 Å². The van der Waals surface area contributed by atoms with E-state index in [4.69, 9.17) is 10.8 Å². The molecule has 0 aliphatic carbocycles. The van der Waals surface area contributed by atoms with E-state index >= 15 is 0 Å². The first-order chi connectivity index (χ1) is 6.45. The van der Waals surface area contributed by atoms with Crippen molar-refractivity contribution in [2.45, 2.75) is 18.6 Å². The fraction of sp³-hybridized carbons (Fsp3) is 0.667. The number of rotatable bonds is 3. The van der Waals surface area contributed by atoms with E-state index in [0.29, 0.717) is 0 Å². The maximum Gasteiger partial charge on any atom is 0.455 e. The average molecular weight is 211 g/mol. The van der Waals surface area contributed by atoms with Gasteiger partial charge in [-0.05, 0) is 6.42 Å². The van der Waals surface area contributed by atoms with Crippen LogP contribution in [0.3, 0.4) is 0 Å². The molecule has 5 nitrogen and oxygen atoms in total. The summed E-state index contributed by atoms with van der Waals surface area (Å²) in [5, 5.41) is 11.2. The zero-order valence-electron chi connectivity index (χ0n) is 6.95. The highest BCUT2D eigenvalue weighted by atomic mass is 19.4. The number of aromatic nitrogens is 2. The summed E-state index contributed by atoms with van der Waals surface area (Å²) < 4.78 is 40.2. The van der Waals surface area contributed by atoms with Crippen LogP contribution >= 0.6 is 0 Å². The van der Waals surface area contributed by atoms with Crippen LogP contribution in [0.25, 0.3) is 0 Å². The Kier molecular flexibility index (Phi) is 3.06. The lowest BCUT2D eigenvalue weighted by Gasteiger charge is -2.02. The van der Waals surface area contributed by atoms with E-state index in [1.807, 2.05) is 0 Å². The molecular formula is C6H8F3N3O2. The first-order valence-electron chi connectivity index (χ1n) is 3.72. The van der Waals surface area contributed by atoms with Crippen LogP contribution < -0.4 is 5.73 Å². The predicted molar refractivity (Wildman–Crippen MR) is 37.9 cm³/mol. The van der Waals surface area contributed by atoms with Crippen LogP contribution in [0.4, 0.5) is 13.2 Å². The van der Waals surface area contributed by atoms with Crippen molar-refractivity contribution in [1.29, 1.82) is 0 Å². The van der Waals surface area contributed by atoms with Crippen LogP contribution in [-0.2, 0) is 6.18 Å². The van der Waals surface area contributed by atoms with Gasteiger partial charge >= 0.3 is 6.18 Å². The molecule has 8 heteroatoms. The Bertz CT molecular complexity index is 299. The second-order valence-corrected chi connectivity index (χ2v) is 2.57. The SMILES string of the molecule is NC(CCO)c1nc(C(F)(F)F)no1. The van der Waals surface area contributed by atoms with Gasteiger partial charge in [-0.25, -0.2) is 0 Å². The normalized spacial score (nSPS) is 14.4. The first kappa shape index (κ1) is 10.9. The summed E-state index contributed by atoms with van der Waals surface area (Å²) in [5.74, 6) is -1.69. The molecule has 1 rings (SSSR count). The number of aliphatic hydroxyl groups is 1. The Hall–Kier alpha value is -1.15. The Morgan fingerprint density at radius 2 is 2.14 bits per heavy atom. The second-order valence-electron chi connectivity index (χ2n) is 2.57. The van der Waals surface area contributed by atoms with Crippen LogP contribution in [-0.4, -0.2) is 21.9 Å². The van der Waals surface area contributed by atoms with Crippen LogP contribution in [0.2, 0.25) is 0 Å². The number of nitrogens with zero attached hydrogens (tertiary/aromatic N) is 2. The molecule has 0 bridgehead atoms. The smallest absolute Gasteiger partial charge is 0.396 e. The minimum atomic E-state index is -4.64. The third-order valence-corrected chi connectivity index (χ3v) is 1.45. The maximum atomic E-state index is 12.0. The maximum absolute atomic E-state index is 12.0. The van der Waals surface area contributed by atoms with Crippen molar-refractivity contribution < 1.29 is 22.8 Å². The third kappa shape index (κ3) is 2.42. The van der Waals surface area contributed by atoms with E-state index in [1.54, 1.807) is 0 Å². The summed E-state index contributed by atoms with van der Waals surface area (Å²) in [6, 6.07) is -0.872. The molecule has 1 aromatic heterocycles. The standard InChI is InChI=1S/C6H8F3N3O2/c7-6(8,9)5-11-4(14-12-5)3(10)1-2-13/h3,13H,1-2,10H2. The fourth-order valence-corrected chi connectivity index (χ4v) is 0.764. The molecule has 0 spiro atoms. The van der Waals surface area contributed by atoms with Gasteiger partial charge in [0.25, 0.3) is 5.82 Å². The zero-order chi connectivity index (χ0) is 10.8. The van der Waals surface area contributed by atoms with Crippen molar-refractivity contribution in [3.63, 3.8) is 0 Å². The van der Waals surface area contributed by atoms with Crippen molar-refractivity contribution >= 4 is 0 Å². The summed E-state index contributed by atoms with van der Waals surface area (Å²) in [6.07, 6.45) is -4.57. The molecule has 1 aromatic rings. The van der Waals surface area contributed by atoms with E-state index in [-0.39, 0.29) is 18.9 Å². The Labute approximate surface area is 76.7 Å². The number of halogens is 3. The van der Waals surface area contributed by atoms with Crippen molar-refractivity contribution in [3.05, 3.63) is 11.7 Å². The van der Waals surface area contributed by atoms with Crippen LogP contribution in [0.15, 0.2) is 4.52 Å². The molecule has 0 amide bonds. The minimum Gasteiger partial charge on any atom is -0.396 e. The average Bonchev–Trinajstić information content (AvgIpc) is 2.51. The number of hydrogen-bond donors (Lipinski definition) is 2. The molecule has 0 radical (unpaired) electrons. The molecule has 0 saturated carbocycles. The highest BCUT2D eigenvalue weighted by Crippen LogP contribution is 2.27. The van der Waals surface area contributed by atoms with E-state index in [0.717, 1.165) is 0 Å². The van der Waals surface area contributed by atoms with Gasteiger partial charge in [-0.2, -0.15) is 18.2 Å². The molecule has 0 aromatic carbocycles. The summed E-state index contributed by atoms with van der Waals surface area (Å²) in [5.41, 5.74) is 5.34. The van der Waals surface area contributed by atoms with Crippen LogP contribution in [0.5, 0.6) is 0 Å². The van der Waals surface area contributed by atoms with Crippen LogP contribution in [0, 0.1) is 0 Å². The quantitative estimate of drug-likeness (QED) is 0.759. The van der Waals surface area contributed by atoms with Gasteiger partial charge in [-0.15, -0.1) is 0 Å². The van der Waals surface area contributed by atoms with E-state index in [1.165, 1.54) is 0 Å². The fourth-order valence-electron chi connectivity index (χ4n) is 0.764. The minimum absolute atomic E-state index is 0.0689. The van der Waals surface area contributed by atoms with Crippen molar-refractivity contribution in [2.24, 2.45) is 5.73 Å².